The molecule has 0 aromatic rings. The van der Waals surface area contributed by atoms with Gasteiger partial charge in [0.1, 0.15) is 5.76 Å². The number of nitrogens with zero attached hydrogens (tertiary/aromatic N) is 1. The Kier molecular flexibility index (Phi) is 5.00. The highest BCUT2D eigenvalue weighted by atomic mass is 35.5. The van der Waals surface area contributed by atoms with Crippen molar-refractivity contribution in [1.82, 2.24) is 4.90 Å². The van der Waals surface area contributed by atoms with Gasteiger partial charge in [-0.2, -0.15) is 11.8 Å². The minimum absolute atomic E-state index is 0.239. The quantitative estimate of drug-likeness (QED) is 0.581. The number of hydrogen-bond donors (Lipinski definition) is 0. The van der Waals surface area contributed by atoms with Gasteiger partial charge in [-0.1, -0.05) is 23.2 Å². The van der Waals surface area contributed by atoms with E-state index in [0.717, 1.165) is 29.3 Å². The zero-order valence-corrected chi connectivity index (χ0v) is 14.6. The second-order valence-corrected chi connectivity index (χ2v) is 8.29. The number of carbonyl (C=O) groups is 1. The van der Waals surface area contributed by atoms with Gasteiger partial charge in [0.15, 0.2) is 0 Å². The fraction of sp³-hybridized carbons (Fsp3) is 0.786. The van der Waals surface area contributed by atoms with Gasteiger partial charge in [0.25, 0.3) is 0 Å². The van der Waals surface area contributed by atoms with Crippen LogP contribution in [0, 0.1) is 0 Å². The molecule has 2 heterocycles. The number of allylic oxidation sites excluding steroid dienone is 1. The number of hydrogen-bond acceptors (Lipinski definition) is 4. The summed E-state index contributed by atoms with van der Waals surface area (Å²) in [4.78, 5) is 14.4. The summed E-state index contributed by atoms with van der Waals surface area (Å²) in [5.74, 6) is 2.04. The highest BCUT2D eigenvalue weighted by Crippen LogP contribution is 2.45. The third-order valence-corrected chi connectivity index (χ3v) is 5.47. The molecule has 1 atom stereocenters. The van der Waals surface area contributed by atoms with E-state index >= 15 is 0 Å². The lowest BCUT2D eigenvalue weighted by atomic mass is 9.95. The van der Waals surface area contributed by atoms with Crippen LogP contribution in [0.4, 0.5) is 0 Å². The Bertz CT molecular complexity index is 427. The molecule has 0 fully saturated rings. The van der Waals surface area contributed by atoms with Crippen LogP contribution in [-0.2, 0) is 9.53 Å². The molecule has 20 heavy (non-hydrogen) atoms. The molecule has 0 spiro atoms. The molecule has 2 aliphatic heterocycles. The number of halogens is 2. The summed E-state index contributed by atoms with van der Waals surface area (Å²) in [6, 6.07) is 0.168. The molecule has 0 radical (unpaired) electrons. The van der Waals surface area contributed by atoms with Crippen LogP contribution in [0.5, 0.6) is 0 Å². The topological polar surface area (TPSA) is 29.5 Å². The predicted molar refractivity (Wildman–Crippen MR) is 85.4 cm³/mol. The SMILES string of the molecule is CC(C)N(C(C)C)[C@H]1C2=C(CCSC2)OC(=O)C1(Cl)Cl. The van der Waals surface area contributed by atoms with E-state index in [4.69, 9.17) is 27.9 Å². The van der Waals surface area contributed by atoms with E-state index in [2.05, 4.69) is 32.6 Å². The van der Waals surface area contributed by atoms with Crippen molar-refractivity contribution in [3.63, 3.8) is 0 Å². The Morgan fingerprint density at radius 3 is 2.45 bits per heavy atom. The van der Waals surface area contributed by atoms with E-state index < -0.39 is 10.3 Å². The molecule has 0 aromatic heterocycles. The fourth-order valence-corrected chi connectivity index (χ4v) is 4.58. The second-order valence-electron chi connectivity index (χ2n) is 5.80. The van der Waals surface area contributed by atoms with Crippen LogP contribution < -0.4 is 0 Å². The summed E-state index contributed by atoms with van der Waals surface area (Å²) in [5, 5.41) is 0. The predicted octanol–water partition coefficient (Wildman–Crippen LogP) is 3.60. The highest BCUT2D eigenvalue weighted by Gasteiger charge is 2.54. The summed E-state index contributed by atoms with van der Waals surface area (Å²) >= 11 is 14.6. The van der Waals surface area contributed by atoms with Crippen LogP contribution >= 0.6 is 35.0 Å². The monoisotopic (exact) mass is 337 g/mol. The molecule has 0 bridgehead atoms. The Labute approximate surface area is 135 Å². The van der Waals surface area contributed by atoms with Crippen LogP contribution in [-0.4, -0.2) is 44.8 Å². The van der Waals surface area contributed by atoms with Gasteiger partial charge in [0.05, 0.1) is 6.04 Å². The zero-order chi connectivity index (χ0) is 15.1. The van der Waals surface area contributed by atoms with Crippen LogP contribution in [0.15, 0.2) is 11.3 Å². The average molecular weight is 338 g/mol. The van der Waals surface area contributed by atoms with Crippen molar-refractivity contribution in [3.8, 4) is 0 Å². The Morgan fingerprint density at radius 1 is 1.30 bits per heavy atom. The minimum atomic E-state index is -1.54. The van der Waals surface area contributed by atoms with Crippen molar-refractivity contribution in [2.24, 2.45) is 0 Å². The molecule has 114 valence electrons. The lowest BCUT2D eigenvalue weighted by Crippen LogP contribution is -2.59. The fourth-order valence-electron chi connectivity index (χ4n) is 3.01. The number of rotatable bonds is 3. The van der Waals surface area contributed by atoms with E-state index in [1.54, 1.807) is 0 Å². The maximum atomic E-state index is 12.2. The molecule has 0 aromatic carbocycles. The van der Waals surface area contributed by atoms with Crippen molar-refractivity contribution in [1.29, 1.82) is 0 Å². The molecule has 0 unspecified atom stereocenters. The second kappa shape index (κ2) is 6.07. The minimum Gasteiger partial charge on any atom is -0.429 e. The number of ether oxygens (including phenoxy) is 1. The molecule has 2 rings (SSSR count). The molecular formula is C14H21Cl2NO2S. The van der Waals surface area contributed by atoms with Gasteiger partial charge in [-0.3, -0.25) is 4.90 Å². The van der Waals surface area contributed by atoms with Crippen LogP contribution in [0.1, 0.15) is 34.1 Å². The van der Waals surface area contributed by atoms with E-state index in [9.17, 15) is 4.79 Å². The maximum absolute atomic E-state index is 12.2. The Hall–Kier alpha value is 0.1000. The first-order valence-electron chi connectivity index (χ1n) is 6.94. The normalized spacial score (nSPS) is 26.2. The summed E-state index contributed by atoms with van der Waals surface area (Å²) < 4.78 is 3.85. The molecule has 6 heteroatoms. The van der Waals surface area contributed by atoms with Crippen molar-refractivity contribution >= 4 is 40.9 Å². The van der Waals surface area contributed by atoms with Gasteiger partial charge in [0.2, 0.25) is 4.33 Å². The first kappa shape index (κ1) is 16.5. The maximum Gasteiger partial charge on any atom is 0.349 e. The van der Waals surface area contributed by atoms with Gasteiger partial charge in [-0.05, 0) is 33.3 Å². The molecule has 0 saturated carbocycles. The Balaban J connectivity index is 2.50. The van der Waals surface area contributed by atoms with Crippen LogP contribution in [0.25, 0.3) is 0 Å². The third kappa shape index (κ3) is 2.85. The van der Waals surface area contributed by atoms with Crippen molar-refractivity contribution in [2.45, 2.75) is 56.6 Å². The Morgan fingerprint density at radius 2 is 1.90 bits per heavy atom. The smallest absolute Gasteiger partial charge is 0.349 e. The molecule has 2 aliphatic rings. The summed E-state index contributed by atoms with van der Waals surface area (Å²) in [7, 11) is 0. The standard InChI is InChI=1S/C14H21Cl2NO2S/c1-8(2)17(9(3)4)12-10-7-20-6-5-11(10)19-13(18)14(12,15)16/h8-9,12H,5-7H2,1-4H3/t12-/m0/s1. The van der Waals surface area contributed by atoms with Gasteiger partial charge >= 0.3 is 5.97 Å². The largest absolute Gasteiger partial charge is 0.429 e. The van der Waals surface area contributed by atoms with Crippen molar-refractivity contribution < 1.29 is 9.53 Å². The van der Waals surface area contributed by atoms with Crippen molar-refractivity contribution in [3.05, 3.63) is 11.3 Å². The molecule has 3 nitrogen and oxygen atoms in total. The van der Waals surface area contributed by atoms with Gasteiger partial charge in [0, 0.05) is 30.0 Å². The summed E-state index contributed by atoms with van der Waals surface area (Å²) in [5.41, 5.74) is 1.08. The molecule has 0 amide bonds. The van der Waals surface area contributed by atoms with E-state index in [1.165, 1.54) is 0 Å². The number of carbonyl (C=O) groups excluding carboxylic acids is 1. The van der Waals surface area contributed by atoms with E-state index in [1.807, 2.05) is 11.8 Å². The molecule has 0 N–H and O–H groups in total. The third-order valence-electron chi connectivity index (χ3n) is 3.74. The zero-order valence-electron chi connectivity index (χ0n) is 12.3. The molecule has 0 saturated heterocycles. The molecule has 0 aliphatic carbocycles. The number of alkyl halides is 2. The summed E-state index contributed by atoms with van der Waals surface area (Å²) in [6.45, 7) is 8.39. The number of esters is 1. The lowest BCUT2D eigenvalue weighted by molar-refractivity contribution is -0.144. The van der Waals surface area contributed by atoms with Gasteiger partial charge in [-0.15, -0.1) is 0 Å². The van der Waals surface area contributed by atoms with Gasteiger partial charge < -0.3 is 4.74 Å². The summed E-state index contributed by atoms with van der Waals surface area (Å²) in [6.07, 6.45) is 0.774. The van der Waals surface area contributed by atoms with E-state index in [-0.39, 0.29) is 18.1 Å². The average Bonchev–Trinajstić information content (AvgIpc) is 2.34. The van der Waals surface area contributed by atoms with Crippen LogP contribution in [0.3, 0.4) is 0 Å². The highest BCUT2D eigenvalue weighted by molar-refractivity contribution is 7.99. The molecular weight excluding hydrogens is 317 g/mol. The van der Waals surface area contributed by atoms with Gasteiger partial charge in [-0.25, -0.2) is 4.79 Å². The van der Waals surface area contributed by atoms with Crippen molar-refractivity contribution in [2.75, 3.05) is 11.5 Å². The first-order valence-corrected chi connectivity index (χ1v) is 8.85. The first-order chi connectivity index (χ1) is 9.26. The van der Waals surface area contributed by atoms with E-state index in [0.29, 0.717) is 0 Å². The number of thioether (sulfide) groups is 1. The lowest BCUT2D eigenvalue weighted by Gasteiger charge is -2.47. The van der Waals surface area contributed by atoms with Crippen LogP contribution in [0.2, 0.25) is 0 Å².